The van der Waals surface area contributed by atoms with Crippen molar-refractivity contribution >= 4 is 0 Å². The molecule has 5 atom stereocenters. The van der Waals surface area contributed by atoms with E-state index in [1.807, 2.05) is 36.4 Å². The van der Waals surface area contributed by atoms with Gasteiger partial charge in [0.25, 0.3) is 0 Å². The topological polar surface area (TPSA) is 60.7 Å². The van der Waals surface area contributed by atoms with Gasteiger partial charge in [-0.1, -0.05) is 48.6 Å². The Morgan fingerprint density at radius 3 is 2.59 bits per heavy atom. The van der Waals surface area contributed by atoms with E-state index < -0.39 is 18.3 Å². The summed E-state index contributed by atoms with van der Waals surface area (Å²) in [5.74, 6) is -0.121. The van der Waals surface area contributed by atoms with Gasteiger partial charge in [-0.05, 0) is 30.7 Å². The molecule has 1 aromatic carbocycles. The van der Waals surface area contributed by atoms with E-state index >= 15 is 0 Å². The number of rotatable bonds is 7. The van der Waals surface area contributed by atoms with Gasteiger partial charge in [-0.3, -0.25) is 0 Å². The maximum atomic E-state index is 10.1. The van der Waals surface area contributed by atoms with Crippen LogP contribution >= 0.6 is 0 Å². The molecular weight excluding hydrogens is 276 g/mol. The van der Waals surface area contributed by atoms with E-state index in [0.29, 0.717) is 19.3 Å². The maximum Gasteiger partial charge on any atom is 0.0724 e. The normalized spacial score (nSPS) is 29.8. The summed E-state index contributed by atoms with van der Waals surface area (Å²) in [5.41, 5.74) is 1.20. The predicted octanol–water partition coefficient (Wildman–Crippen LogP) is 2.47. The molecule has 22 heavy (non-hydrogen) atoms. The van der Waals surface area contributed by atoms with Gasteiger partial charge in [0.1, 0.15) is 0 Å². The van der Waals surface area contributed by atoms with Gasteiger partial charge in [0.2, 0.25) is 0 Å². The Bertz CT molecular complexity index is 483. The largest absolute Gasteiger partial charge is 0.393 e. The third-order valence-corrected chi connectivity index (χ3v) is 4.48. The summed E-state index contributed by atoms with van der Waals surface area (Å²) in [6, 6.07) is 10.1. The number of aryl methyl sites for hydroxylation is 1. The van der Waals surface area contributed by atoms with Crippen molar-refractivity contribution in [2.75, 3.05) is 0 Å². The van der Waals surface area contributed by atoms with Crippen LogP contribution in [0.3, 0.4) is 0 Å². The van der Waals surface area contributed by atoms with Gasteiger partial charge in [-0.2, -0.15) is 0 Å². The number of hydrogen-bond acceptors (Lipinski definition) is 3. The molecule has 0 unspecified atom stereocenters. The van der Waals surface area contributed by atoms with Crippen molar-refractivity contribution in [2.45, 2.75) is 44.0 Å². The highest BCUT2D eigenvalue weighted by molar-refractivity contribution is 5.15. The molecule has 1 fully saturated rings. The van der Waals surface area contributed by atoms with Crippen LogP contribution < -0.4 is 0 Å². The fourth-order valence-electron chi connectivity index (χ4n) is 3.21. The Morgan fingerprint density at radius 2 is 1.91 bits per heavy atom. The van der Waals surface area contributed by atoms with E-state index in [4.69, 9.17) is 0 Å². The summed E-state index contributed by atoms with van der Waals surface area (Å²) in [6.07, 6.45) is 6.36. The smallest absolute Gasteiger partial charge is 0.0724 e. The number of aliphatic hydroxyl groups excluding tert-OH is 3. The minimum absolute atomic E-state index is 0.00919. The summed E-state index contributed by atoms with van der Waals surface area (Å²) < 4.78 is 0. The molecule has 0 heterocycles. The van der Waals surface area contributed by atoms with Gasteiger partial charge in [-0.25, -0.2) is 0 Å². The van der Waals surface area contributed by atoms with E-state index in [2.05, 4.69) is 6.58 Å². The SMILES string of the molecule is C=CC[C@@H]1[C@@H](/C=C/[C@@H](O)CCc2ccccc2)[C@H](O)C[C@@H]1O. The average Bonchev–Trinajstić information content (AvgIpc) is 2.78. The second-order valence-corrected chi connectivity index (χ2v) is 6.11. The zero-order chi connectivity index (χ0) is 15.9. The predicted molar refractivity (Wildman–Crippen MR) is 88.3 cm³/mol. The molecule has 0 amide bonds. The quantitative estimate of drug-likeness (QED) is 0.678. The lowest BCUT2D eigenvalue weighted by Crippen LogP contribution is -2.20. The van der Waals surface area contributed by atoms with Crippen LogP contribution in [-0.2, 0) is 6.42 Å². The fraction of sp³-hybridized carbons (Fsp3) is 0.474. The number of allylic oxidation sites excluding steroid dienone is 1. The van der Waals surface area contributed by atoms with E-state index in [1.54, 1.807) is 12.2 Å². The highest BCUT2D eigenvalue weighted by Gasteiger charge is 2.39. The molecule has 1 aliphatic carbocycles. The molecule has 3 heteroatoms. The minimum atomic E-state index is -0.544. The van der Waals surface area contributed by atoms with Crippen LogP contribution in [0.1, 0.15) is 24.8 Å². The lowest BCUT2D eigenvalue weighted by atomic mass is 9.90. The second-order valence-electron chi connectivity index (χ2n) is 6.11. The van der Waals surface area contributed by atoms with Gasteiger partial charge in [0.05, 0.1) is 18.3 Å². The highest BCUT2D eigenvalue weighted by Crippen LogP contribution is 2.36. The third kappa shape index (κ3) is 4.54. The number of hydrogen-bond donors (Lipinski definition) is 3. The van der Waals surface area contributed by atoms with Gasteiger partial charge >= 0.3 is 0 Å². The summed E-state index contributed by atoms with van der Waals surface area (Å²) >= 11 is 0. The Morgan fingerprint density at radius 1 is 1.18 bits per heavy atom. The number of benzene rings is 1. The summed E-state index contributed by atoms with van der Waals surface area (Å²) in [6.45, 7) is 3.71. The first kappa shape index (κ1) is 16.9. The van der Waals surface area contributed by atoms with E-state index in [0.717, 1.165) is 6.42 Å². The maximum absolute atomic E-state index is 10.1. The summed E-state index contributed by atoms with van der Waals surface area (Å²) in [5, 5.41) is 30.1. The van der Waals surface area contributed by atoms with Crippen molar-refractivity contribution in [3.63, 3.8) is 0 Å². The first-order valence-corrected chi connectivity index (χ1v) is 7.99. The molecule has 2 rings (SSSR count). The molecule has 120 valence electrons. The van der Waals surface area contributed by atoms with Crippen LogP contribution in [0, 0.1) is 11.8 Å². The molecule has 0 radical (unpaired) electrons. The van der Waals surface area contributed by atoms with Gasteiger partial charge in [-0.15, -0.1) is 6.58 Å². The van der Waals surface area contributed by atoms with Gasteiger partial charge in [0.15, 0.2) is 0 Å². The lowest BCUT2D eigenvalue weighted by molar-refractivity contribution is 0.120. The Hall–Kier alpha value is -1.42. The lowest BCUT2D eigenvalue weighted by Gasteiger charge is -2.19. The van der Waals surface area contributed by atoms with Crippen LogP contribution in [0.4, 0.5) is 0 Å². The molecule has 3 nitrogen and oxygen atoms in total. The van der Waals surface area contributed by atoms with E-state index in [-0.39, 0.29) is 11.8 Å². The van der Waals surface area contributed by atoms with Crippen molar-refractivity contribution in [2.24, 2.45) is 11.8 Å². The zero-order valence-corrected chi connectivity index (χ0v) is 12.9. The Labute approximate surface area is 132 Å². The molecule has 0 aromatic heterocycles. The molecular formula is C19H26O3. The van der Waals surface area contributed by atoms with Crippen LogP contribution in [0.15, 0.2) is 55.1 Å². The van der Waals surface area contributed by atoms with Crippen molar-refractivity contribution in [1.29, 1.82) is 0 Å². The molecule has 0 bridgehead atoms. The van der Waals surface area contributed by atoms with Crippen molar-refractivity contribution in [3.8, 4) is 0 Å². The van der Waals surface area contributed by atoms with Crippen LogP contribution in [0.5, 0.6) is 0 Å². The molecule has 1 saturated carbocycles. The molecule has 0 spiro atoms. The second kappa shape index (κ2) is 8.28. The highest BCUT2D eigenvalue weighted by atomic mass is 16.3. The summed E-state index contributed by atoms with van der Waals surface area (Å²) in [4.78, 5) is 0. The Kier molecular flexibility index (Phi) is 6.37. The fourth-order valence-corrected chi connectivity index (χ4v) is 3.21. The van der Waals surface area contributed by atoms with Gasteiger partial charge in [0, 0.05) is 12.3 Å². The van der Waals surface area contributed by atoms with Crippen molar-refractivity contribution < 1.29 is 15.3 Å². The Balaban J connectivity index is 1.87. The van der Waals surface area contributed by atoms with E-state index in [1.165, 1.54) is 5.56 Å². The van der Waals surface area contributed by atoms with Crippen LogP contribution in [0.25, 0.3) is 0 Å². The molecule has 0 saturated heterocycles. The van der Waals surface area contributed by atoms with Crippen LogP contribution in [0.2, 0.25) is 0 Å². The zero-order valence-electron chi connectivity index (χ0n) is 12.9. The molecule has 0 aliphatic heterocycles. The standard InChI is InChI=1S/C19H26O3/c1-2-6-16-17(19(22)13-18(16)21)12-11-15(20)10-9-14-7-4-3-5-8-14/h2-5,7-8,11-12,15-22H,1,6,9-10,13H2/b12-11+/t15-,16+,17+,18-,19+/m0/s1. The third-order valence-electron chi connectivity index (χ3n) is 4.48. The number of aliphatic hydroxyl groups is 3. The average molecular weight is 302 g/mol. The minimum Gasteiger partial charge on any atom is -0.393 e. The molecule has 1 aliphatic rings. The first-order chi connectivity index (χ1) is 10.6. The van der Waals surface area contributed by atoms with Crippen molar-refractivity contribution in [1.82, 2.24) is 0 Å². The molecule has 1 aromatic rings. The van der Waals surface area contributed by atoms with E-state index in [9.17, 15) is 15.3 Å². The first-order valence-electron chi connectivity index (χ1n) is 7.99. The molecule has 3 N–H and O–H groups in total. The van der Waals surface area contributed by atoms with Crippen molar-refractivity contribution in [3.05, 3.63) is 60.7 Å². The monoisotopic (exact) mass is 302 g/mol. The van der Waals surface area contributed by atoms with Gasteiger partial charge < -0.3 is 15.3 Å². The van der Waals surface area contributed by atoms with Crippen LogP contribution in [-0.4, -0.2) is 33.6 Å². The summed E-state index contributed by atoms with van der Waals surface area (Å²) in [7, 11) is 0.